The lowest BCUT2D eigenvalue weighted by Crippen LogP contribution is -1.93. The molecule has 0 heterocycles. The van der Waals surface area contributed by atoms with Gasteiger partial charge in [0.05, 0.1) is 15.1 Å². The Morgan fingerprint density at radius 2 is 1.63 bits per heavy atom. The molecule has 0 aliphatic heterocycles. The van der Waals surface area contributed by atoms with Crippen LogP contribution >= 0.6 is 46.4 Å². The molecule has 0 saturated carbocycles. The summed E-state index contributed by atoms with van der Waals surface area (Å²) in [6.45, 7) is 0. The highest BCUT2D eigenvalue weighted by Crippen LogP contribution is 2.41. The summed E-state index contributed by atoms with van der Waals surface area (Å²) in [6, 6.07) is 8.51. The van der Waals surface area contributed by atoms with Gasteiger partial charge in [0.25, 0.3) is 0 Å². The van der Waals surface area contributed by atoms with Gasteiger partial charge < -0.3 is 4.79 Å². The van der Waals surface area contributed by atoms with Crippen molar-refractivity contribution in [2.45, 2.75) is 6.42 Å². The number of hydrogen-bond acceptors (Lipinski definition) is 1. The van der Waals surface area contributed by atoms with E-state index in [1.807, 2.05) is 0 Å². The number of benzene rings is 2. The molecule has 0 bridgehead atoms. The molecule has 0 atom stereocenters. The van der Waals surface area contributed by atoms with Gasteiger partial charge >= 0.3 is 0 Å². The first-order valence-electron chi connectivity index (χ1n) is 5.40. The van der Waals surface area contributed by atoms with Crippen molar-refractivity contribution in [1.82, 2.24) is 0 Å². The lowest BCUT2D eigenvalue weighted by Gasteiger charge is -2.13. The first kappa shape index (κ1) is 14.7. The second-order valence-electron chi connectivity index (χ2n) is 3.89. The van der Waals surface area contributed by atoms with Crippen molar-refractivity contribution in [2.24, 2.45) is 0 Å². The van der Waals surface area contributed by atoms with Gasteiger partial charge in [0, 0.05) is 17.0 Å². The van der Waals surface area contributed by atoms with E-state index in [4.69, 9.17) is 46.4 Å². The van der Waals surface area contributed by atoms with E-state index in [1.54, 1.807) is 30.3 Å². The number of hydrogen-bond donors (Lipinski definition) is 0. The Morgan fingerprint density at radius 3 is 2.32 bits per heavy atom. The molecule has 0 radical (unpaired) electrons. The number of halogens is 4. The van der Waals surface area contributed by atoms with Crippen LogP contribution in [0.3, 0.4) is 0 Å². The molecule has 98 valence electrons. The highest BCUT2D eigenvalue weighted by atomic mass is 35.5. The Hall–Kier alpha value is -0.730. The van der Waals surface area contributed by atoms with Crippen LogP contribution in [0.2, 0.25) is 20.1 Å². The van der Waals surface area contributed by atoms with Crippen molar-refractivity contribution in [3.8, 4) is 11.1 Å². The minimum atomic E-state index is 0.256. The Labute approximate surface area is 131 Å². The van der Waals surface area contributed by atoms with Gasteiger partial charge in [-0.2, -0.15) is 0 Å². The van der Waals surface area contributed by atoms with Crippen LogP contribution in [0.4, 0.5) is 0 Å². The van der Waals surface area contributed by atoms with E-state index < -0.39 is 0 Å². The number of aldehydes is 1. The van der Waals surface area contributed by atoms with Crippen LogP contribution in [0, 0.1) is 0 Å². The molecule has 0 aromatic heterocycles. The van der Waals surface area contributed by atoms with Crippen LogP contribution in [-0.2, 0) is 11.2 Å². The van der Waals surface area contributed by atoms with Gasteiger partial charge in [-0.05, 0) is 35.4 Å². The van der Waals surface area contributed by atoms with Crippen LogP contribution in [0.1, 0.15) is 5.56 Å². The van der Waals surface area contributed by atoms with Crippen molar-refractivity contribution in [3.63, 3.8) is 0 Å². The summed E-state index contributed by atoms with van der Waals surface area (Å²) in [6.07, 6.45) is 1.07. The largest absolute Gasteiger partial charge is 0.303 e. The van der Waals surface area contributed by atoms with E-state index in [0.29, 0.717) is 25.7 Å². The number of carbonyl (C=O) groups is 1. The molecule has 0 spiro atoms. The highest BCUT2D eigenvalue weighted by molar-refractivity contribution is 6.46. The molecule has 2 aromatic carbocycles. The molecule has 0 saturated heterocycles. The van der Waals surface area contributed by atoms with Gasteiger partial charge in [-0.3, -0.25) is 0 Å². The van der Waals surface area contributed by atoms with E-state index >= 15 is 0 Å². The quantitative estimate of drug-likeness (QED) is 0.519. The molecule has 0 aliphatic carbocycles. The second-order valence-corrected chi connectivity index (χ2v) is 5.52. The molecule has 2 aromatic rings. The van der Waals surface area contributed by atoms with E-state index in [-0.39, 0.29) is 6.42 Å². The Morgan fingerprint density at radius 1 is 0.947 bits per heavy atom. The molecule has 0 aliphatic rings. The highest BCUT2D eigenvalue weighted by Gasteiger charge is 2.15. The maximum Gasteiger partial charge on any atom is 0.124 e. The molecule has 2 rings (SSSR count). The molecule has 0 fully saturated rings. The second kappa shape index (κ2) is 6.15. The van der Waals surface area contributed by atoms with Gasteiger partial charge in [-0.25, -0.2) is 0 Å². The van der Waals surface area contributed by atoms with Gasteiger partial charge in [-0.15, -0.1) is 0 Å². The van der Waals surface area contributed by atoms with Gasteiger partial charge in [0.15, 0.2) is 0 Å². The zero-order valence-corrected chi connectivity index (χ0v) is 12.6. The van der Waals surface area contributed by atoms with Gasteiger partial charge in [-0.1, -0.05) is 52.5 Å². The molecule has 1 nitrogen and oxygen atoms in total. The van der Waals surface area contributed by atoms with Gasteiger partial charge in [0.1, 0.15) is 6.29 Å². The molecule has 0 amide bonds. The Kier molecular flexibility index (Phi) is 4.75. The normalized spacial score (nSPS) is 10.5. The smallest absolute Gasteiger partial charge is 0.124 e. The van der Waals surface area contributed by atoms with Crippen molar-refractivity contribution in [3.05, 3.63) is 56.0 Å². The van der Waals surface area contributed by atoms with Crippen molar-refractivity contribution in [2.75, 3.05) is 0 Å². The fourth-order valence-electron chi connectivity index (χ4n) is 1.82. The Balaban J connectivity index is 2.74. The third-order valence-corrected chi connectivity index (χ3v) is 4.04. The zero-order chi connectivity index (χ0) is 14.0. The van der Waals surface area contributed by atoms with Crippen molar-refractivity contribution < 1.29 is 4.79 Å². The first-order chi connectivity index (χ1) is 9.04. The van der Waals surface area contributed by atoms with E-state index in [9.17, 15) is 4.79 Å². The van der Waals surface area contributed by atoms with Gasteiger partial charge in [0.2, 0.25) is 0 Å². The average molecular weight is 334 g/mol. The Bertz CT molecular complexity index is 638. The minimum Gasteiger partial charge on any atom is -0.303 e. The number of carbonyl (C=O) groups excluding carboxylic acids is 1. The summed E-state index contributed by atoms with van der Waals surface area (Å²) < 4.78 is 0. The lowest BCUT2D eigenvalue weighted by atomic mass is 9.98. The summed E-state index contributed by atoms with van der Waals surface area (Å²) in [7, 11) is 0. The van der Waals surface area contributed by atoms with Crippen LogP contribution in [0.25, 0.3) is 11.1 Å². The number of rotatable bonds is 3. The predicted octanol–water partition coefficient (Wildman–Crippen LogP) is 5.71. The summed E-state index contributed by atoms with van der Waals surface area (Å²) in [4.78, 5) is 10.8. The predicted molar refractivity (Wildman–Crippen MR) is 81.7 cm³/mol. The summed E-state index contributed by atoms with van der Waals surface area (Å²) in [5.41, 5.74) is 2.11. The van der Waals surface area contributed by atoms with Crippen LogP contribution in [0.15, 0.2) is 30.3 Å². The first-order valence-corrected chi connectivity index (χ1v) is 6.91. The molecular weight excluding hydrogens is 326 g/mol. The van der Waals surface area contributed by atoms with E-state index in [1.165, 1.54) is 0 Å². The molecule has 0 N–H and O–H groups in total. The van der Waals surface area contributed by atoms with E-state index in [2.05, 4.69) is 0 Å². The summed E-state index contributed by atoms with van der Waals surface area (Å²) in [5, 5.41) is 1.75. The topological polar surface area (TPSA) is 17.1 Å². The average Bonchev–Trinajstić information content (AvgIpc) is 2.38. The summed E-state index contributed by atoms with van der Waals surface area (Å²) in [5.74, 6) is 0. The van der Waals surface area contributed by atoms with Crippen molar-refractivity contribution in [1.29, 1.82) is 0 Å². The van der Waals surface area contributed by atoms with Crippen LogP contribution in [-0.4, -0.2) is 6.29 Å². The fourth-order valence-corrected chi connectivity index (χ4v) is 2.73. The molecule has 19 heavy (non-hydrogen) atoms. The minimum absolute atomic E-state index is 0.256. The summed E-state index contributed by atoms with van der Waals surface area (Å²) >= 11 is 24.4. The molecule has 5 heteroatoms. The lowest BCUT2D eigenvalue weighted by molar-refractivity contribution is -0.107. The van der Waals surface area contributed by atoms with Crippen LogP contribution < -0.4 is 0 Å². The SMILES string of the molecule is O=CCc1ccc(Cl)cc1-c1c(Cl)ccc(Cl)c1Cl. The van der Waals surface area contributed by atoms with Crippen molar-refractivity contribution >= 4 is 52.7 Å². The fraction of sp³-hybridized carbons (Fsp3) is 0.0714. The van der Waals surface area contributed by atoms with Crippen LogP contribution in [0.5, 0.6) is 0 Å². The maximum absolute atomic E-state index is 10.8. The third-order valence-electron chi connectivity index (χ3n) is 2.69. The standard InChI is InChI=1S/C14H8Cl4O/c15-9-2-1-8(5-6-19)10(7-9)13-11(16)3-4-12(17)14(13)18/h1-4,6-7H,5H2. The van der Waals surface area contributed by atoms with E-state index in [0.717, 1.165) is 17.4 Å². The third kappa shape index (κ3) is 3.06. The molecular formula is C14H8Cl4O. The zero-order valence-electron chi connectivity index (χ0n) is 9.59. The maximum atomic E-state index is 10.8. The monoisotopic (exact) mass is 332 g/mol. The molecule has 0 unspecified atom stereocenters.